The molecule has 0 fully saturated rings. The normalized spacial score (nSPS) is 12.2. The number of hydrogen-bond acceptors (Lipinski definition) is 2. The fourth-order valence-electron chi connectivity index (χ4n) is 3.79. The largest absolute Gasteiger partial charge is 0.378 e. The van der Waals surface area contributed by atoms with Gasteiger partial charge in [0, 0.05) is 25.3 Å². The number of H-pyrrole nitrogens is 1. The molecule has 0 bridgehead atoms. The summed E-state index contributed by atoms with van der Waals surface area (Å²) in [5.41, 5.74) is 9.88. The van der Waals surface area contributed by atoms with Crippen molar-refractivity contribution in [3.05, 3.63) is 71.8 Å². The number of nitrogens with one attached hydrogen (secondary N) is 1. The van der Waals surface area contributed by atoms with E-state index in [0.29, 0.717) is 0 Å². The molecule has 1 aliphatic carbocycles. The first-order chi connectivity index (χ1) is 12.2. The van der Waals surface area contributed by atoms with E-state index in [9.17, 15) is 0 Å². The molecule has 0 saturated carbocycles. The summed E-state index contributed by atoms with van der Waals surface area (Å²) in [6.45, 7) is 0. The van der Waals surface area contributed by atoms with Gasteiger partial charge in [-0.3, -0.25) is 0 Å². The molecule has 0 unspecified atom stereocenters. The van der Waals surface area contributed by atoms with Crippen LogP contribution in [-0.4, -0.2) is 24.1 Å². The molecule has 25 heavy (non-hydrogen) atoms. The first-order valence-electron chi connectivity index (χ1n) is 8.58. The van der Waals surface area contributed by atoms with E-state index in [1.165, 1.54) is 33.5 Å². The van der Waals surface area contributed by atoms with Gasteiger partial charge in [0.1, 0.15) is 5.82 Å². The maximum Gasteiger partial charge on any atom is 0.139 e. The molecule has 122 valence electrons. The Morgan fingerprint density at radius 3 is 2.56 bits per heavy atom. The van der Waals surface area contributed by atoms with E-state index >= 15 is 0 Å². The van der Waals surface area contributed by atoms with Crippen molar-refractivity contribution in [2.45, 2.75) is 6.42 Å². The zero-order chi connectivity index (χ0) is 17.0. The molecule has 5 rings (SSSR count). The minimum Gasteiger partial charge on any atom is -0.378 e. The van der Waals surface area contributed by atoms with Crippen molar-refractivity contribution >= 4 is 16.7 Å². The van der Waals surface area contributed by atoms with Gasteiger partial charge in [-0.15, -0.1) is 0 Å². The van der Waals surface area contributed by atoms with E-state index in [2.05, 4.69) is 84.6 Å². The third kappa shape index (κ3) is 2.16. The lowest BCUT2D eigenvalue weighted by Crippen LogP contribution is -2.07. The standard InChI is InChI=1S/C22H19N3/c1-25(2)16-10-11-19-20(13-16)24-22(23-19)18-9-5-7-15-12-14-6-3-4-8-17(14)21(15)18/h3-11,13H,12H2,1-2H3,(H,23,24). The monoisotopic (exact) mass is 325 g/mol. The third-order valence-corrected chi connectivity index (χ3v) is 5.06. The molecule has 3 heteroatoms. The Morgan fingerprint density at radius 2 is 1.68 bits per heavy atom. The zero-order valence-corrected chi connectivity index (χ0v) is 14.4. The molecule has 1 heterocycles. The van der Waals surface area contributed by atoms with E-state index < -0.39 is 0 Å². The maximum atomic E-state index is 4.86. The van der Waals surface area contributed by atoms with Gasteiger partial charge >= 0.3 is 0 Å². The van der Waals surface area contributed by atoms with Crippen LogP contribution in [0, 0.1) is 0 Å². The smallest absolute Gasteiger partial charge is 0.139 e. The average molecular weight is 325 g/mol. The highest BCUT2D eigenvalue weighted by molar-refractivity contribution is 5.91. The molecule has 1 aliphatic rings. The summed E-state index contributed by atoms with van der Waals surface area (Å²) < 4.78 is 0. The number of aromatic amines is 1. The van der Waals surface area contributed by atoms with Gasteiger partial charge in [-0.25, -0.2) is 4.98 Å². The van der Waals surface area contributed by atoms with Crippen molar-refractivity contribution < 1.29 is 0 Å². The van der Waals surface area contributed by atoms with Gasteiger partial charge in [0.05, 0.1) is 11.0 Å². The predicted octanol–water partition coefficient (Wildman–Crippen LogP) is 4.87. The lowest BCUT2D eigenvalue weighted by Gasteiger charge is -2.11. The van der Waals surface area contributed by atoms with Gasteiger partial charge < -0.3 is 9.88 Å². The number of nitrogens with zero attached hydrogens (tertiary/aromatic N) is 2. The number of rotatable bonds is 2. The Kier molecular flexibility index (Phi) is 2.98. The highest BCUT2D eigenvalue weighted by atomic mass is 15.1. The molecule has 0 radical (unpaired) electrons. The Hall–Kier alpha value is -3.07. The summed E-state index contributed by atoms with van der Waals surface area (Å²) in [6.07, 6.45) is 1.00. The molecule has 1 aromatic heterocycles. The highest BCUT2D eigenvalue weighted by Crippen LogP contribution is 2.42. The molecule has 0 amide bonds. The number of imidazole rings is 1. The molecule has 0 aliphatic heterocycles. The van der Waals surface area contributed by atoms with Crippen LogP contribution in [0.3, 0.4) is 0 Å². The molecule has 0 spiro atoms. The predicted molar refractivity (Wildman–Crippen MR) is 104 cm³/mol. The van der Waals surface area contributed by atoms with Crippen molar-refractivity contribution in [1.29, 1.82) is 0 Å². The van der Waals surface area contributed by atoms with Crippen LogP contribution >= 0.6 is 0 Å². The Labute approximate surface area is 147 Å². The number of anilines is 1. The number of aromatic nitrogens is 2. The SMILES string of the molecule is CN(C)c1ccc2nc(-c3cccc4c3-c3ccccc3C4)[nH]c2c1. The van der Waals surface area contributed by atoms with Gasteiger partial charge in [-0.2, -0.15) is 0 Å². The van der Waals surface area contributed by atoms with E-state index in [-0.39, 0.29) is 0 Å². The van der Waals surface area contributed by atoms with Gasteiger partial charge in [0.25, 0.3) is 0 Å². The van der Waals surface area contributed by atoms with Crippen LogP contribution in [0.2, 0.25) is 0 Å². The Balaban J connectivity index is 1.71. The summed E-state index contributed by atoms with van der Waals surface area (Å²) >= 11 is 0. The van der Waals surface area contributed by atoms with Crippen molar-refractivity contribution in [2.24, 2.45) is 0 Å². The van der Waals surface area contributed by atoms with Gasteiger partial charge in [-0.1, -0.05) is 42.5 Å². The summed E-state index contributed by atoms with van der Waals surface area (Å²) in [5.74, 6) is 0.944. The molecule has 0 saturated heterocycles. The fourth-order valence-corrected chi connectivity index (χ4v) is 3.79. The number of fused-ring (bicyclic) bond motifs is 4. The topological polar surface area (TPSA) is 31.9 Å². The fraction of sp³-hybridized carbons (Fsp3) is 0.136. The lowest BCUT2D eigenvalue weighted by atomic mass is 9.99. The van der Waals surface area contributed by atoms with E-state index in [0.717, 1.165) is 23.3 Å². The van der Waals surface area contributed by atoms with Crippen LogP contribution in [0.1, 0.15) is 11.1 Å². The van der Waals surface area contributed by atoms with Gasteiger partial charge in [-0.05, 0) is 46.9 Å². The first-order valence-corrected chi connectivity index (χ1v) is 8.58. The molecule has 3 aromatic carbocycles. The van der Waals surface area contributed by atoms with Crippen LogP contribution in [0.5, 0.6) is 0 Å². The summed E-state index contributed by atoms with van der Waals surface area (Å²) in [5, 5.41) is 0. The maximum absolute atomic E-state index is 4.86. The summed E-state index contributed by atoms with van der Waals surface area (Å²) in [7, 11) is 4.11. The lowest BCUT2D eigenvalue weighted by molar-refractivity contribution is 1.13. The first kappa shape index (κ1) is 14.3. The van der Waals surface area contributed by atoms with E-state index in [1.807, 2.05) is 0 Å². The summed E-state index contributed by atoms with van der Waals surface area (Å²) in [4.78, 5) is 10.5. The van der Waals surface area contributed by atoms with Gasteiger partial charge in [0.2, 0.25) is 0 Å². The molecule has 1 N–H and O–H groups in total. The molecule has 3 nitrogen and oxygen atoms in total. The van der Waals surface area contributed by atoms with Crippen molar-refractivity contribution in [1.82, 2.24) is 9.97 Å². The van der Waals surface area contributed by atoms with E-state index in [1.54, 1.807) is 0 Å². The van der Waals surface area contributed by atoms with Crippen LogP contribution < -0.4 is 4.90 Å². The second-order valence-electron chi connectivity index (χ2n) is 6.85. The van der Waals surface area contributed by atoms with Crippen molar-refractivity contribution in [2.75, 3.05) is 19.0 Å². The van der Waals surface area contributed by atoms with Gasteiger partial charge in [0.15, 0.2) is 0 Å². The third-order valence-electron chi connectivity index (χ3n) is 5.06. The average Bonchev–Trinajstić information content (AvgIpc) is 3.21. The van der Waals surface area contributed by atoms with Crippen LogP contribution in [-0.2, 0) is 6.42 Å². The molecule has 0 atom stereocenters. The Morgan fingerprint density at radius 1 is 0.880 bits per heavy atom. The van der Waals surface area contributed by atoms with E-state index in [4.69, 9.17) is 4.98 Å². The second kappa shape index (κ2) is 5.21. The van der Waals surface area contributed by atoms with Crippen LogP contribution in [0.25, 0.3) is 33.5 Å². The second-order valence-corrected chi connectivity index (χ2v) is 6.85. The number of hydrogen-bond donors (Lipinski definition) is 1. The van der Waals surface area contributed by atoms with Crippen molar-refractivity contribution in [3.8, 4) is 22.5 Å². The van der Waals surface area contributed by atoms with Crippen LogP contribution in [0.15, 0.2) is 60.7 Å². The molecule has 4 aromatic rings. The Bertz CT molecular complexity index is 1110. The van der Waals surface area contributed by atoms with Crippen molar-refractivity contribution in [3.63, 3.8) is 0 Å². The minimum atomic E-state index is 0.944. The molecular weight excluding hydrogens is 306 g/mol. The van der Waals surface area contributed by atoms with Crippen LogP contribution in [0.4, 0.5) is 5.69 Å². The highest BCUT2D eigenvalue weighted by Gasteiger charge is 2.22. The molecular formula is C22H19N3. The minimum absolute atomic E-state index is 0.944. The quantitative estimate of drug-likeness (QED) is 0.502. The summed E-state index contributed by atoms with van der Waals surface area (Å²) in [6, 6.07) is 21.6. The number of benzene rings is 3. The zero-order valence-electron chi connectivity index (χ0n) is 14.4.